The fourth-order valence-corrected chi connectivity index (χ4v) is 1.90. The van der Waals surface area contributed by atoms with Gasteiger partial charge in [0, 0.05) is 11.8 Å². The van der Waals surface area contributed by atoms with E-state index < -0.39 is 0 Å². The molecule has 0 amide bonds. The second-order valence-electron chi connectivity index (χ2n) is 4.62. The predicted molar refractivity (Wildman–Crippen MR) is 75.0 cm³/mol. The highest BCUT2D eigenvalue weighted by molar-refractivity contribution is 5.44. The van der Waals surface area contributed by atoms with Gasteiger partial charge in [-0.25, -0.2) is 4.98 Å². The smallest absolute Gasteiger partial charge is 0.0995 e. The van der Waals surface area contributed by atoms with Gasteiger partial charge < -0.3 is 9.67 Å². The van der Waals surface area contributed by atoms with E-state index in [-0.39, 0.29) is 14.0 Å². The minimum absolute atomic E-state index is 0. The van der Waals surface area contributed by atoms with Gasteiger partial charge in [-0.05, 0) is 24.5 Å². The van der Waals surface area contributed by atoms with E-state index in [0.717, 1.165) is 16.9 Å². The molecule has 0 aliphatic rings. The SMILES string of the molecule is C.Cc1cn(-c2ccc(C(C)C)cc2CO)cn1. The highest BCUT2D eigenvalue weighted by Crippen LogP contribution is 2.22. The van der Waals surface area contributed by atoms with Crippen molar-refractivity contribution in [1.29, 1.82) is 0 Å². The lowest BCUT2D eigenvalue weighted by Crippen LogP contribution is -2.00. The van der Waals surface area contributed by atoms with Crippen LogP contribution in [0.25, 0.3) is 5.69 Å². The first-order chi connectivity index (χ1) is 8.11. The van der Waals surface area contributed by atoms with E-state index in [0.29, 0.717) is 5.92 Å². The number of aryl methyl sites for hydroxylation is 1. The summed E-state index contributed by atoms with van der Waals surface area (Å²) in [6.07, 6.45) is 3.74. The van der Waals surface area contributed by atoms with Crippen molar-refractivity contribution in [3.8, 4) is 5.69 Å². The molecule has 0 atom stereocenters. The summed E-state index contributed by atoms with van der Waals surface area (Å²) < 4.78 is 1.95. The highest BCUT2D eigenvalue weighted by atomic mass is 16.3. The van der Waals surface area contributed by atoms with Crippen LogP contribution < -0.4 is 0 Å². The fraction of sp³-hybridized carbons (Fsp3) is 0.400. The molecule has 0 saturated heterocycles. The predicted octanol–water partition coefficient (Wildman–Crippen LogP) is 3.43. The molecule has 1 heterocycles. The van der Waals surface area contributed by atoms with Crippen molar-refractivity contribution in [3.63, 3.8) is 0 Å². The third-order valence-electron chi connectivity index (χ3n) is 2.93. The van der Waals surface area contributed by atoms with E-state index in [1.807, 2.05) is 23.8 Å². The summed E-state index contributed by atoms with van der Waals surface area (Å²) in [4.78, 5) is 4.21. The Morgan fingerprint density at radius 2 is 2.06 bits per heavy atom. The number of hydrogen-bond acceptors (Lipinski definition) is 2. The summed E-state index contributed by atoms with van der Waals surface area (Å²) in [6, 6.07) is 6.21. The summed E-state index contributed by atoms with van der Waals surface area (Å²) >= 11 is 0. The number of aromatic nitrogens is 2. The molecular weight excluding hydrogens is 224 g/mol. The van der Waals surface area contributed by atoms with Crippen LogP contribution in [0.4, 0.5) is 0 Å². The van der Waals surface area contributed by atoms with Crippen LogP contribution in [0.15, 0.2) is 30.7 Å². The molecule has 3 nitrogen and oxygen atoms in total. The van der Waals surface area contributed by atoms with Crippen molar-refractivity contribution in [2.24, 2.45) is 0 Å². The number of aliphatic hydroxyl groups excluding tert-OH is 1. The fourth-order valence-electron chi connectivity index (χ4n) is 1.90. The molecule has 0 radical (unpaired) electrons. The molecule has 0 aliphatic heterocycles. The van der Waals surface area contributed by atoms with Gasteiger partial charge in [0.05, 0.1) is 24.3 Å². The second-order valence-corrected chi connectivity index (χ2v) is 4.62. The van der Waals surface area contributed by atoms with Crippen molar-refractivity contribution >= 4 is 0 Å². The van der Waals surface area contributed by atoms with E-state index in [1.165, 1.54) is 5.56 Å². The largest absolute Gasteiger partial charge is 0.392 e. The molecule has 1 N–H and O–H groups in total. The van der Waals surface area contributed by atoms with E-state index in [4.69, 9.17) is 0 Å². The minimum atomic E-state index is 0. The van der Waals surface area contributed by atoms with E-state index in [1.54, 1.807) is 6.33 Å². The van der Waals surface area contributed by atoms with Gasteiger partial charge in [-0.15, -0.1) is 0 Å². The van der Waals surface area contributed by atoms with E-state index >= 15 is 0 Å². The highest BCUT2D eigenvalue weighted by Gasteiger charge is 2.07. The molecule has 18 heavy (non-hydrogen) atoms. The Morgan fingerprint density at radius 1 is 1.33 bits per heavy atom. The first-order valence-electron chi connectivity index (χ1n) is 5.86. The van der Waals surface area contributed by atoms with Gasteiger partial charge in [0.25, 0.3) is 0 Å². The summed E-state index contributed by atoms with van der Waals surface area (Å²) in [5, 5.41) is 9.46. The molecule has 1 aromatic carbocycles. The van der Waals surface area contributed by atoms with Crippen LogP contribution in [0.5, 0.6) is 0 Å². The summed E-state index contributed by atoms with van der Waals surface area (Å²) in [5.74, 6) is 0.471. The molecule has 3 heteroatoms. The van der Waals surface area contributed by atoms with Crippen LogP contribution in [0.2, 0.25) is 0 Å². The number of benzene rings is 1. The topological polar surface area (TPSA) is 38.0 Å². The maximum absolute atomic E-state index is 9.46. The van der Waals surface area contributed by atoms with Crippen molar-refractivity contribution in [2.45, 2.75) is 40.7 Å². The number of imidazole rings is 1. The van der Waals surface area contributed by atoms with Gasteiger partial charge in [-0.3, -0.25) is 0 Å². The Labute approximate surface area is 109 Å². The van der Waals surface area contributed by atoms with E-state index in [9.17, 15) is 5.11 Å². The molecule has 0 bridgehead atoms. The van der Waals surface area contributed by atoms with Crippen LogP contribution in [-0.4, -0.2) is 14.7 Å². The zero-order valence-corrected chi connectivity index (χ0v) is 10.5. The van der Waals surface area contributed by atoms with Crippen LogP contribution in [0, 0.1) is 6.92 Å². The molecule has 0 spiro atoms. The number of hydrogen-bond donors (Lipinski definition) is 1. The average Bonchev–Trinajstić information content (AvgIpc) is 2.74. The molecule has 1 aromatic heterocycles. The van der Waals surface area contributed by atoms with Crippen molar-refractivity contribution < 1.29 is 5.11 Å². The van der Waals surface area contributed by atoms with Gasteiger partial charge >= 0.3 is 0 Å². The summed E-state index contributed by atoms with van der Waals surface area (Å²) in [6.45, 7) is 6.31. The molecule has 2 aromatic rings. The lowest BCUT2D eigenvalue weighted by molar-refractivity contribution is 0.281. The second kappa shape index (κ2) is 5.83. The van der Waals surface area contributed by atoms with Crippen molar-refractivity contribution in [1.82, 2.24) is 9.55 Å². The van der Waals surface area contributed by atoms with Crippen molar-refractivity contribution in [2.75, 3.05) is 0 Å². The Bertz CT molecular complexity index is 515. The lowest BCUT2D eigenvalue weighted by atomic mass is 10.00. The van der Waals surface area contributed by atoms with Gasteiger partial charge in [0.1, 0.15) is 0 Å². The first-order valence-corrected chi connectivity index (χ1v) is 5.86. The third kappa shape index (κ3) is 2.79. The Morgan fingerprint density at radius 3 is 2.56 bits per heavy atom. The molecule has 0 saturated carbocycles. The van der Waals surface area contributed by atoms with Crippen LogP contribution in [-0.2, 0) is 6.61 Å². The van der Waals surface area contributed by atoms with Gasteiger partial charge in [0.2, 0.25) is 0 Å². The van der Waals surface area contributed by atoms with Crippen molar-refractivity contribution in [3.05, 3.63) is 47.5 Å². The minimum Gasteiger partial charge on any atom is -0.392 e. The molecular formula is C15H22N2O. The Kier molecular flexibility index (Phi) is 4.68. The lowest BCUT2D eigenvalue weighted by Gasteiger charge is -2.12. The number of nitrogens with zero attached hydrogens (tertiary/aromatic N) is 2. The molecule has 0 unspecified atom stereocenters. The van der Waals surface area contributed by atoms with E-state index in [2.05, 4.69) is 31.0 Å². The van der Waals surface area contributed by atoms with Gasteiger partial charge in [0.15, 0.2) is 0 Å². The Hall–Kier alpha value is -1.61. The maximum Gasteiger partial charge on any atom is 0.0995 e. The quantitative estimate of drug-likeness (QED) is 0.901. The molecule has 2 rings (SSSR count). The van der Waals surface area contributed by atoms with Crippen LogP contribution in [0.1, 0.15) is 44.0 Å². The number of rotatable bonds is 3. The van der Waals surface area contributed by atoms with Gasteiger partial charge in [-0.1, -0.05) is 33.4 Å². The first kappa shape index (κ1) is 14.5. The van der Waals surface area contributed by atoms with Crippen LogP contribution >= 0.6 is 0 Å². The Balaban J connectivity index is 0.00000162. The molecule has 0 fully saturated rings. The monoisotopic (exact) mass is 246 g/mol. The maximum atomic E-state index is 9.46. The summed E-state index contributed by atoms with van der Waals surface area (Å²) in [5.41, 5.74) is 4.16. The molecule has 0 aliphatic carbocycles. The average molecular weight is 246 g/mol. The van der Waals surface area contributed by atoms with Gasteiger partial charge in [-0.2, -0.15) is 0 Å². The van der Waals surface area contributed by atoms with Crippen LogP contribution in [0.3, 0.4) is 0 Å². The standard InChI is InChI=1S/C14H18N2O.CH4/c1-10(2)12-4-5-14(13(6-12)8-17)16-7-11(3)15-9-16;/h4-7,9-10,17H,8H2,1-3H3;1H4. The zero-order chi connectivity index (χ0) is 12.4. The normalized spacial score (nSPS) is 10.5. The zero-order valence-electron chi connectivity index (χ0n) is 10.5. The summed E-state index contributed by atoms with van der Waals surface area (Å²) in [7, 11) is 0. The third-order valence-corrected chi connectivity index (χ3v) is 2.93. The number of aliphatic hydroxyl groups is 1. The molecule has 98 valence electrons.